The van der Waals surface area contributed by atoms with Gasteiger partial charge in [-0.3, -0.25) is 9.89 Å². The van der Waals surface area contributed by atoms with Crippen molar-refractivity contribution in [1.82, 2.24) is 15.5 Å². The minimum absolute atomic E-state index is 0.271. The maximum Gasteiger partial charge on any atom is 0.191 e. The van der Waals surface area contributed by atoms with E-state index in [1.165, 1.54) is 18.4 Å². The largest absolute Gasteiger partial charge is 0.497 e. The fraction of sp³-hybridized carbons (Fsp3) is 0.667. The molecule has 0 spiro atoms. The molecule has 2 N–H and O–H groups in total. The molecule has 1 aliphatic heterocycles. The molecule has 27 heavy (non-hydrogen) atoms. The average molecular weight is 377 g/mol. The molecule has 1 aliphatic rings. The molecule has 0 bridgehead atoms. The lowest BCUT2D eigenvalue weighted by Crippen LogP contribution is -2.43. The Hall–Kier alpha value is -1.79. The van der Waals surface area contributed by atoms with Gasteiger partial charge in [-0.25, -0.2) is 0 Å². The van der Waals surface area contributed by atoms with Crippen LogP contribution in [0.1, 0.15) is 45.2 Å². The number of hydrogen-bond donors (Lipinski definition) is 2. The number of ether oxygens (including phenoxy) is 2. The number of likely N-dealkylation sites (tertiary alicyclic amines) is 1. The van der Waals surface area contributed by atoms with Crippen molar-refractivity contribution in [2.75, 3.05) is 46.9 Å². The van der Waals surface area contributed by atoms with Crippen LogP contribution < -0.4 is 15.4 Å². The van der Waals surface area contributed by atoms with Gasteiger partial charge in [0.2, 0.25) is 0 Å². The Kier molecular flexibility index (Phi) is 8.38. The van der Waals surface area contributed by atoms with E-state index in [0.29, 0.717) is 12.6 Å². The highest BCUT2D eigenvalue weighted by Gasteiger charge is 2.24. The molecule has 6 nitrogen and oxygen atoms in total. The fourth-order valence-electron chi connectivity index (χ4n) is 3.21. The smallest absolute Gasteiger partial charge is 0.191 e. The fourth-order valence-corrected chi connectivity index (χ4v) is 3.21. The van der Waals surface area contributed by atoms with Gasteiger partial charge in [-0.1, -0.05) is 12.1 Å². The number of rotatable bonds is 9. The molecule has 6 heteroatoms. The minimum atomic E-state index is -0.271. The van der Waals surface area contributed by atoms with Crippen LogP contribution in [0.2, 0.25) is 0 Å². The van der Waals surface area contributed by atoms with Crippen LogP contribution in [-0.4, -0.2) is 63.4 Å². The van der Waals surface area contributed by atoms with Gasteiger partial charge < -0.3 is 20.1 Å². The van der Waals surface area contributed by atoms with Crippen LogP contribution in [0.4, 0.5) is 0 Å². The second kappa shape index (κ2) is 10.5. The highest BCUT2D eigenvalue weighted by atomic mass is 16.5. The highest BCUT2D eigenvalue weighted by molar-refractivity contribution is 5.79. The van der Waals surface area contributed by atoms with E-state index in [1.807, 2.05) is 26.0 Å². The summed E-state index contributed by atoms with van der Waals surface area (Å²) < 4.78 is 10.8. The van der Waals surface area contributed by atoms with E-state index in [9.17, 15) is 0 Å². The molecule has 1 unspecified atom stereocenters. The third-order valence-electron chi connectivity index (χ3n) is 5.06. The zero-order chi connectivity index (χ0) is 19.7. The second-order valence-electron chi connectivity index (χ2n) is 7.57. The Labute approximate surface area is 164 Å². The quantitative estimate of drug-likeness (QED) is 0.513. The van der Waals surface area contributed by atoms with Crippen molar-refractivity contribution in [2.45, 2.75) is 45.3 Å². The zero-order valence-corrected chi connectivity index (χ0v) is 17.5. The Morgan fingerprint density at radius 3 is 2.37 bits per heavy atom. The van der Waals surface area contributed by atoms with Crippen LogP contribution >= 0.6 is 0 Å². The van der Waals surface area contributed by atoms with Crippen molar-refractivity contribution in [3.05, 3.63) is 29.8 Å². The minimum Gasteiger partial charge on any atom is -0.497 e. The predicted molar refractivity (Wildman–Crippen MR) is 112 cm³/mol. The summed E-state index contributed by atoms with van der Waals surface area (Å²) in [5.41, 5.74) is 1.03. The van der Waals surface area contributed by atoms with Crippen LogP contribution in [0.25, 0.3) is 0 Å². The highest BCUT2D eigenvalue weighted by Crippen LogP contribution is 2.26. The number of hydrogen-bond acceptors (Lipinski definition) is 4. The van der Waals surface area contributed by atoms with Crippen LogP contribution in [0, 0.1) is 0 Å². The number of methoxy groups -OCH3 is 2. The van der Waals surface area contributed by atoms with Crippen LogP contribution in [-0.2, 0) is 4.74 Å². The molecule has 1 fully saturated rings. The maximum absolute atomic E-state index is 5.48. The molecule has 2 rings (SSSR count). The molecule has 0 radical (unpaired) electrons. The number of nitrogens with one attached hydrogen (secondary N) is 2. The molecule has 0 amide bonds. The summed E-state index contributed by atoms with van der Waals surface area (Å²) >= 11 is 0. The van der Waals surface area contributed by atoms with Crippen LogP contribution in [0.15, 0.2) is 29.3 Å². The van der Waals surface area contributed by atoms with E-state index in [0.717, 1.165) is 37.9 Å². The third-order valence-corrected chi connectivity index (χ3v) is 5.06. The van der Waals surface area contributed by atoms with Gasteiger partial charge in [-0.05, 0) is 64.4 Å². The summed E-state index contributed by atoms with van der Waals surface area (Å²) in [5.74, 6) is 1.73. The molecule has 0 aromatic heterocycles. The number of guanidine groups is 1. The van der Waals surface area contributed by atoms with E-state index in [2.05, 4.69) is 34.6 Å². The monoisotopic (exact) mass is 376 g/mol. The van der Waals surface area contributed by atoms with E-state index < -0.39 is 0 Å². The van der Waals surface area contributed by atoms with E-state index in [4.69, 9.17) is 14.5 Å². The van der Waals surface area contributed by atoms with E-state index >= 15 is 0 Å². The molecule has 152 valence electrons. The Bertz CT molecular complexity index is 580. The van der Waals surface area contributed by atoms with E-state index in [-0.39, 0.29) is 5.60 Å². The van der Waals surface area contributed by atoms with Crippen molar-refractivity contribution < 1.29 is 9.47 Å². The first-order valence-electron chi connectivity index (χ1n) is 9.94. The third kappa shape index (κ3) is 6.70. The maximum atomic E-state index is 5.48. The van der Waals surface area contributed by atoms with Crippen molar-refractivity contribution >= 4 is 5.96 Å². The predicted octanol–water partition coefficient (Wildman–Crippen LogP) is 2.81. The van der Waals surface area contributed by atoms with Gasteiger partial charge in [0.1, 0.15) is 5.75 Å². The SMILES string of the molecule is CCNC(=NCC(C)(C)OC)NCC(c1ccc(OC)cc1)N1CCCC1. The molecule has 1 aromatic rings. The van der Waals surface area contributed by atoms with Crippen molar-refractivity contribution in [1.29, 1.82) is 0 Å². The summed E-state index contributed by atoms with van der Waals surface area (Å²) in [4.78, 5) is 7.26. The number of aliphatic imine (C=N–C) groups is 1. The molecular weight excluding hydrogens is 340 g/mol. The van der Waals surface area contributed by atoms with Crippen LogP contribution in [0.3, 0.4) is 0 Å². The number of nitrogens with zero attached hydrogens (tertiary/aromatic N) is 2. The molecular formula is C21H36N4O2. The average Bonchev–Trinajstić information content (AvgIpc) is 3.21. The Balaban J connectivity index is 2.09. The second-order valence-corrected chi connectivity index (χ2v) is 7.57. The summed E-state index contributed by atoms with van der Waals surface area (Å²) in [6.45, 7) is 10.7. The van der Waals surface area contributed by atoms with Crippen molar-refractivity contribution in [3.8, 4) is 5.75 Å². The Morgan fingerprint density at radius 2 is 1.81 bits per heavy atom. The summed E-state index contributed by atoms with van der Waals surface area (Å²) in [7, 11) is 3.43. The van der Waals surface area contributed by atoms with Crippen molar-refractivity contribution in [3.63, 3.8) is 0 Å². The number of benzene rings is 1. The van der Waals surface area contributed by atoms with Gasteiger partial charge in [0.05, 0.1) is 25.3 Å². The molecule has 1 atom stereocenters. The normalized spacial score (nSPS) is 17.0. The van der Waals surface area contributed by atoms with E-state index in [1.54, 1.807) is 14.2 Å². The lowest BCUT2D eigenvalue weighted by molar-refractivity contribution is 0.0310. The van der Waals surface area contributed by atoms with Gasteiger partial charge >= 0.3 is 0 Å². The summed E-state index contributed by atoms with van der Waals surface area (Å²) in [6, 6.07) is 8.73. The zero-order valence-electron chi connectivity index (χ0n) is 17.5. The standard InChI is InChI=1S/C21H36N4O2/c1-6-22-20(24-16-21(2,3)27-5)23-15-19(25-13-7-8-14-25)17-9-11-18(26-4)12-10-17/h9-12,19H,6-8,13-16H2,1-5H3,(H2,22,23,24). The van der Waals surface area contributed by atoms with Gasteiger partial charge in [0.15, 0.2) is 5.96 Å². The first kappa shape index (κ1) is 21.5. The van der Waals surface area contributed by atoms with Crippen LogP contribution in [0.5, 0.6) is 5.75 Å². The van der Waals surface area contributed by atoms with Crippen molar-refractivity contribution in [2.24, 2.45) is 4.99 Å². The van der Waals surface area contributed by atoms with Gasteiger partial charge in [-0.2, -0.15) is 0 Å². The Morgan fingerprint density at radius 1 is 1.15 bits per heavy atom. The van der Waals surface area contributed by atoms with Gasteiger partial charge in [-0.15, -0.1) is 0 Å². The topological polar surface area (TPSA) is 58.1 Å². The molecule has 1 aromatic carbocycles. The van der Waals surface area contributed by atoms with Gasteiger partial charge in [0.25, 0.3) is 0 Å². The molecule has 0 aliphatic carbocycles. The molecule has 0 saturated carbocycles. The molecule has 1 heterocycles. The first-order valence-corrected chi connectivity index (χ1v) is 9.94. The van der Waals surface area contributed by atoms with Gasteiger partial charge in [0, 0.05) is 20.2 Å². The lowest BCUT2D eigenvalue weighted by Gasteiger charge is -2.29. The lowest BCUT2D eigenvalue weighted by atomic mass is 10.1. The first-order chi connectivity index (χ1) is 13.0. The summed E-state index contributed by atoms with van der Waals surface area (Å²) in [5, 5.41) is 6.87. The summed E-state index contributed by atoms with van der Waals surface area (Å²) in [6.07, 6.45) is 2.53. The molecule has 1 saturated heterocycles.